The van der Waals surface area contributed by atoms with E-state index in [0.717, 1.165) is 37.7 Å². The lowest BCUT2D eigenvalue weighted by Crippen LogP contribution is -2.25. The van der Waals surface area contributed by atoms with Gasteiger partial charge in [-0.05, 0) is 50.0 Å². The molecule has 0 bridgehead atoms. The van der Waals surface area contributed by atoms with E-state index in [1.165, 1.54) is 16.2 Å². The van der Waals surface area contributed by atoms with Crippen molar-refractivity contribution in [3.8, 4) is 6.07 Å². The number of rotatable bonds is 4. The molecule has 1 heterocycles. The summed E-state index contributed by atoms with van der Waals surface area (Å²) in [6.07, 6.45) is 9.26. The van der Waals surface area contributed by atoms with Gasteiger partial charge in [0.1, 0.15) is 11.1 Å². The molecule has 25 heavy (non-hydrogen) atoms. The van der Waals surface area contributed by atoms with E-state index in [2.05, 4.69) is 24.4 Å². The van der Waals surface area contributed by atoms with Gasteiger partial charge in [0.05, 0.1) is 11.5 Å². The average molecular weight is 358 g/mol. The van der Waals surface area contributed by atoms with Gasteiger partial charge in [-0.25, -0.2) is 0 Å². The Bertz CT molecular complexity index is 745. The van der Waals surface area contributed by atoms with E-state index in [1.807, 2.05) is 6.08 Å². The summed E-state index contributed by atoms with van der Waals surface area (Å²) >= 11 is 1.48. The van der Waals surface area contributed by atoms with Crippen molar-refractivity contribution in [3.63, 3.8) is 0 Å². The van der Waals surface area contributed by atoms with Gasteiger partial charge in [0, 0.05) is 4.88 Å². The lowest BCUT2D eigenvalue weighted by atomic mass is 9.89. The van der Waals surface area contributed by atoms with Crippen LogP contribution in [-0.2, 0) is 27.2 Å². The minimum absolute atomic E-state index is 0.150. The third kappa shape index (κ3) is 4.10. The molecule has 0 radical (unpaired) electrons. The maximum atomic E-state index is 12.1. The fourth-order valence-corrected chi connectivity index (χ4v) is 4.76. The number of hydrogen-bond acceptors (Lipinski definition) is 5. The van der Waals surface area contributed by atoms with Crippen molar-refractivity contribution < 1.29 is 14.3 Å². The molecule has 1 N–H and O–H groups in total. The third-order valence-corrected chi connectivity index (χ3v) is 5.99. The molecule has 0 fully saturated rings. The molecule has 0 aromatic carbocycles. The Labute approximate surface area is 151 Å². The van der Waals surface area contributed by atoms with E-state index in [4.69, 9.17) is 4.74 Å². The van der Waals surface area contributed by atoms with Crippen LogP contribution in [0.4, 0.5) is 5.00 Å². The number of nitrogens with zero attached hydrogens (tertiary/aromatic N) is 1. The van der Waals surface area contributed by atoms with Gasteiger partial charge < -0.3 is 10.1 Å². The zero-order chi connectivity index (χ0) is 17.8. The Hall–Kier alpha value is -2.13. The number of nitrogens with one attached hydrogen (secondary N) is 1. The monoisotopic (exact) mass is 358 g/mol. The summed E-state index contributed by atoms with van der Waals surface area (Å²) in [5.74, 6) is -0.253. The Balaban J connectivity index is 1.59. The van der Waals surface area contributed by atoms with Crippen LogP contribution < -0.4 is 5.32 Å². The molecular weight excluding hydrogens is 336 g/mol. The number of anilines is 1. The van der Waals surface area contributed by atoms with Crippen LogP contribution in [0.2, 0.25) is 0 Å². The van der Waals surface area contributed by atoms with Crippen LogP contribution in [0.5, 0.6) is 0 Å². The molecule has 2 aliphatic rings. The topological polar surface area (TPSA) is 79.2 Å². The van der Waals surface area contributed by atoms with Crippen LogP contribution in [0.25, 0.3) is 0 Å². The van der Waals surface area contributed by atoms with Crippen LogP contribution >= 0.6 is 11.3 Å². The van der Waals surface area contributed by atoms with E-state index >= 15 is 0 Å². The molecule has 0 aliphatic heterocycles. The van der Waals surface area contributed by atoms with Gasteiger partial charge in [0.25, 0.3) is 5.91 Å². The lowest BCUT2D eigenvalue weighted by Gasteiger charge is -2.17. The van der Waals surface area contributed by atoms with Crippen molar-refractivity contribution in [1.82, 2.24) is 0 Å². The first-order chi connectivity index (χ1) is 12.1. The first-order valence-electron chi connectivity index (χ1n) is 8.74. The summed E-state index contributed by atoms with van der Waals surface area (Å²) in [4.78, 5) is 25.3. The number of ether oxygens (including phenoxy) is 1. The van der Waals surface area contributed by atoms with Crippen molar-refractivity contribution in [2.24, 2.45) is 11.8 Å². The zero-order valence-corrected chi connectivity index (χ0v) is 15.2. The second kappa shape index (κ2) is 7.83. The van der Waals surface area contributed by atoms with Gasteiger partial charge in [-0.2, -0.15) is 5.26 Å². The number of thiophene rings is 1. The van der Waals surface area contributed by atoms with E-state index in [0.29, 0.717) is 22.9 Å². The number of hydrogen-bond donors (Lipinski definition) is 1. The highest BCUT2D eigenvalue weighted by molar-refractivity contribution is 7.16. The molecule has 2 aliphatic carbocycles. The molecule has 5 nitrogen and oxygen atoms in total. The smallest absolute Gasteiger partial charge is 0.309 e. The van der Waals surface area contributed by atoms with Gasteiger partial charge in [0.2, 0.25) is 0 Å². The first-order valence-corrected chi connectivity index (χ1v) is 9.56. The number of carbonyl (C=O) groups excluding carboxylic acids is 2. The number of carbonyl (C=O) groups is 2. The summed E-state index contributed by atoms with van der Waals surface area (Å²) in [6, 6.07) is 2.22. The van der Waals surface area contributed by atoms with Gasteiger partial charge in [-0.15, -0.1) is 11.3 Å². The van der Waals surface area contributed by atoms with Crippen LogP contribution in [0.1, 0.15) is 48.6 Å². The second-order valence-electron chi connectivity index (χ2n) is 6.80. The van der Waals surface area contributed by atoms with Crippen molar-refractivity contribution in [2.75, 3.05) is 11.9 Å². The number of nitriles is 1. The van der Waals surface area contributed by atoms with E-state index in [-0.39, 0.29) is 24.4 Å². The Morgan fingerprint density at radius 2 is 2.24 bits per heavy atom. The van der Waals surface area contributed by atoms with Crippen molar-refractivity contribution in [3.05, 3.63) is 28.2 Å². The maximum Gasteiger partial charge on any atom is 0.309 e. The van der Waals surface area contributed by atoms with Gasteiger partial charge >= 0.3 is 5.97 Å². The molecule has 0 spiro atoms. The number of fused-ring (bicyclic) bond motifs is 1. The summed E-state index contributed by atoms with van der Waals surface area (Å²) < 4.78 is 5.14. The molecule has 3 rings (SSSR count). The van der Waals surface area contributed by atoms with Gasteiger partial charge in [-0.1, -0.05) is 19.1 Å². The van der Waals surface area contributed by atoms with E-state index in [1.54, 1.807) is 0 Å². The average Bonchev–Trinajstić information content (AvgIpc) is 2.96. The van der Waals surface area contributed by atoms with E-state index in [9.17, 15) is 14.9 Å². The van der Waals surface area contributed by atoms with Gasteiger partial charge in [0.15, 0.2) is 6.61 Å². The van der Waals surface area contributed by atoms with E-state index < -0.39 is 0 Å². The van der Waals surface area contributed by atoms with Crippen LogP contribution in [0, 0.1) is 23.2 Å². The van der Waals surface area contributed by atoms with Crippen LogP contribution in [0.3, 0.4) is 0 Å². The Morgan fingerprint density at radius 1 is 1.40 bits per heavy atom. The summed E-state index contributed by atoms with van der Waals surface area (Å²) in [6.45, 7) is 1.90. The standard InChI is InChI=1S/C19H22N2O3S/c1-12-7-8-14-15(10-20)18(25-16(14)9-12)21-17(22)11-24-19(23)13-5-3-2-4-6-13/h2-3,12-13H,4-9,11H2,1H3,(H,21,22)/t12-,13-/m0/s1. The van der Waals surface area contributed by atoms with Crippen LogP contribution in [0.15, 0.2) is 12.2 Å². The first kappa shape index (κ1) is 17.7. The van der Waals surface area contributed by atoms with Gasteiger partial charge in [-0.3, -0.25) is 9.59 Å². The normalized spacial score (nSPS) is 21.9. The molecule has 6 heteroatoms. The highest BCUT2D eigenvalue weighted by Gasteiger charge is 2.25. The largest absolute Gasteiger partial charge is 0.455 e. The summed E-state index contributed by atoms with van der Waals surface area (Å²) in [5.41, 5.74) is 1.65. The fourth-order valence-electron chi connectivity index (χ4n) is 3.38. The predicted octanol–water partition coefficient (Wildman–Crippen LogP) is 3.58. The predicted molar refractivity (Wildman–Crippen MR) is 96.3 cm³/mol. The zero-order valence-electron chi connectivity index (χ0n) is 14.3. The quantitative estimate of drug-likeness (QED) is 0.659. The molecule has 1 amide bonds. The highest BCUT2D eigenvalue weighted by Crippen LogP contribution is 2.39. The van der Waals surface area contributed by atoms with Crippen molar-refractivity contribution in [2.45, 2.75) is 45.4 Å². The minimum Gasteiger partial charge on any atom is -0.455 e. The molecule has 0 saturated carbocycles. The highest BCUT2D eigenvalue weighted by atomic mass is 32.1. The van der Waals surface area contributed by atoms with Crippen molar-refractivity contribution in [1.29, 1.82) is 5.26 Å². The minimum atomic E-state index is -0.386. The molecular formula is C19H22N2O3S. The molecule has 0 saturated heterocycles. The number of allylic oxidation sites excluding steroid dienone is 2. The third-order valence-electron chi connectivity index (χ3n) is 4.82. The SMILES string of the molecule is C[C@H]1CCc2c(sc(NC(=O)COC(=O)[C@H]3CC=CCC3)c2C#N)C1. The van der Waals surface area contributed by atoms with Crippen molar-refractivity contribution >= 4 is 28.2 Å². The van der Waals surface area contributed by atoms with Crippen LogP contribution in [-0.4, -0.2) is 18.5 Å². The Morgan fingerprint density at radius 3 is 2.96 bits per heavy atom. The summed E-state index contributed by atoms with van der Waals surface area (Å²) in [5, 5.41) is 12.8. The summed E-state index contributed by atoms with van der Waals surface area (Å²) in [7, 11) is 0. The lowest BCUT2D eigenvalue weighted by molar-refractivity contribution is -0.151. The fraction of sp³-hybridized carbons (Fsp3) is 0.526. The second-order valence-corrected chi connectivity index (χ2v) is 7.91. The molecule has 0 unspecified atom stereocenters. The maximum absolute atomic E-state index is 12.1. The Kier molecular flexibility index (Phi) is 5.54. The molecule has 2 atom stereocenters. The molecule has 132 valence electrons. The number of esters is 1. The molecule has 1 aromatic rings. The number of amides is 1. The molecule has 1 aromatic heterocycles.